The highest BCUT2D eigenvalue weighted by atomic mass is 16.6. The van der Waals surface area contributed by atoms with Crippen molar-refractivity contribution in [3.8, 4) is 28.1 Å². The number of hydrogen-bond acceptors (Lipinski definition) is 13. The second-order valence-electron chi connectivity index (χ2n) is 21.3. The van der Waals surface area contributed by atoms with Crippen molar-refractivity contribution in [2.45, 2.75) is 103 Å². The fourth-order valence-corrected chi connectivity index (χ4v) is 10.6. The normalized spacial score (nSPS) is 21.1. The highest BCUT2D eigenvalue weighted by Gasteiger charge is 2.49. The summed E-state index contributed by atoms with van der Waals surface area (Å²) >= 11 is 0. The van der Waals surface area contributed by atoms with Crippen LogP contribution in [0.3, 0.4) is 0 Å². The minimum atomic E-state index is -2.36. The Labute approximate surface area is 442 Å². The van der Waals surface area contributed by atoms with Crippen LogP contribution in [-0.4, -0.2) is 165 Å². The molecule has 1 unspecified atom stereocenters. The zero-order valence-electron chi connectivity index (χ0n) is 44.6. The van der Waals surface area contributed by atoms with E-state index < -0.39 is 82.9 Å². The second kappa shape index (κ2) is 23.0. The van der Waals surface area contributed by atoms with Crippen LogP contribution < -0.4 is 15.5 Å². The monoisotopic (exact) mass is 1050 g/mol. The van der Waals surface area contributed by atoms with Crippen molar-refractivity contribution >= 4 is 52.6 Å². The first-order valence-corrected chi connectivity index (χ1v) is 25.6. The third-order valence-electron chi connectivity index (χ3n) is 14.4. The fraction of sp³-hybridized carbons (Fsp3) is 0.482. The van der Waals surface area contributed by atoms with Crippen LogP contribution in [0, 0.1) is 11.3 Å². The third-order valence-corrected chi connectivity index (χ3v) is 14.4. The van der Waals surface area contributed by atoms with E-state index in [0.717, 1.165) is 54.2 Å². The Morgan fingerprint density at radius 2 is 1.74 bits per heavy atom. The number of carboxylic acid groups (broad SMARTS) is 1. The minimum absolute atomic E-state index is 0.00407. The lowest BCUT2D eigenvalue weighted by atomic mass is 9.83. The molecule has 0 spiro atoms. The zero-order valence-corrected chi connectivity index (χ0v) is 44.6. The SMILES string of the molecule is C=CC(=O)N1CCC(O)(C(=O)N(C)[C@H](C(=O)N[C@H]2Cc3cc(OC(=O)N(C)CC(=O)O)cc(c3)-c3ccc4c(c3)c(c(-c3ccccc3CCOC)n4CC)CC(C)(C)COC(=O)[C@@]3(O)CCCN(N3)C2=O)C(C)C)C1. The van der Waals surface area contributed by atoms with Gasteiger partial charge in [-0.2, -0.15) is 5.43 Å². The van der Waals surface area contributed by atoms with Gasteiger partial charge in [0, 0.05) is 82.0 Å². The largest absolute Gasteiger partial charge is 0.480 e. The topological polar surface area (TPSA) is 250 Å². The van der Waals surface area contributed by atoms with Crippen LogP contribution in [0.2, 0.25) is 0 Å². The molecule has 3 aromatic carbocycles. The summed E-state index contributed by atoms with van der Waals surface area (Å²) in [4.78, 5) is 98.9. The number of esters is 1. The van der Waals surface area contributed by atoms with Crippen LogP contribution in [0.1, 0.15) is 70.6 Å². The van der Waals surface area contributed by atoms with Gasteiger partial charge in [0.2, 0.25) is 17.5 Å². The number of amides is 5. The van der Waals surface area contributed by atoms with Gasteiger partial charge in [-0.05, 0) is 90.3 Å². The number of methoxy groups -OCH3 is 1. The van der Waals surface area contributed by atoms with Gasteiger partial charge in [0.05, 0.1) is 25.5 Å². The number of aryl methyl sites for hydroxylation is 1. The van der Waals surface area contributed by atoms with Crippen LogP contribution in [0.15, 0.2) is 73.3 Å². The van der Waals surface area contributed by atoms with Gasteiger partial charge in [-0.3, -0.25) is 33.9 Å². The summed E-state index contributed by atoms with van der Waals surface area (Å²) < 4.78 is 19.6. The number of carboxylic acids is 1. The van der Waals surface area contributed by atoms with Gasteiger partial charge in [-0.1, -0.05) is 70.7 Å². The second-order valence-corrected chi connectivity index (χ2v) is 21.3. The van der Waals surface area contributed by atoms with Crippen LogP contribution >= 0.6 is 0 Å². The van der Waals surface area contributed by atoms with E-state index in [1.807, 2.05) is 44.2 Å². The number of hydrogen-bond donors (Lipinski definition) is 5. The molecule has 0 radical (unpaired) electrons. The highest BCUT2D eigenvalue weighted by Crippen LogP contribution is 2.42. The number of fused-ring (bicyclic) bond motifs is 6. The van der Waals surface area contributed by atoms with Crippen LogP contribution in [0.5, 0.6) is 5.75 Å². The minimum Gasteiger partial charge on any atom is -0.480 e. The fourth-order valence-electron chi connectivity index (χ4n) is 10.6. The first kappa shape index (κ1) is 56.6. The predicted molar refractivity (Wildman–Crippen MR) is 281 cm³/mol. The number of aliphatic carboxylic acids is 1. The number of likely N-dealkylation sites (tertiary alicyclic amines) is 1. The average Bonchev–Trinajstić information content (AvgIpc) is 3.96. The van der Waals surface area contributed by atoms with Gasteiger partial charge in [0.1, 0.15) is 24.4 Å². The number of carbonyl (C=O) groups excluding carboxylic acids is 6. The van der Waals surface area contributed by atoms with Crippen molar-refractivity contribution in [3.63, 3.8) is 0 Å². The maximum absolute atomic E-state index is 15.0. The number of β-amino-alcohol motifs (C(OH)–C–C–N with tert-alkyl or cyclic N) is 1. The Kier molecular flexibility index (Phi) is 17.1. The van der Waals surface area contributed by atoms with Gasteiger partial charge >= 0.3 is 18.0 Å². The summed E-state index contributed by atoms with van der Waals surface area (Å²) in [7, 11) is 4.29. The molecule has 2 fully saturated rings. The Hall–Kier alpha value is -7.13. The molecule has 3 aliphatic rings. The van der Waals surface area contributed by atoms with Crippen LogP contribution in [-0.2, 0) is 64.0 Å². The molecule has 20 heteroatoms. The number of cyclic esters (lactones) is 1. The van der Waals surface area contributed by atoms with Crippen molar-refractivity contribution < 1.29 is 63.1 Å². The Balaban J connectivity index is 1.39. The summed E-state index contributed by atoms with van der Waals surface area (Å²) in [6.07, 6.45) is 0.810. The molecular formula is C56H71N7O13. The number of rotatable bonds is 14. The number of aromatic nitrogens is 1. The molecule has 0 aliphatic carbocycles. The van der Waals surface area contributed by atoms with Crippen LogP contribution in [0.4, 0.5) is 4.79 Å². The van der Waals surface area contributed by atoms with Crippen molar-refractivity contribution in [3.05, 3.63) is 90.0 Å². The van der Waals surface area contributed by atoms with E-state index in [0.29, 0.717) is 42.7 Å². The Morgan fingerprint density at radius 3 is 2.42 bits per heavy atom. The number of likely N-dealkylation sites (N-methyl/N-ethyl adjacent to an activating group) is 2. The molecule has 5 N–H and O–H groups in total. The average molecular weight is 1050 g/mol. The van der Waals surface area contributed by atoms with Gasteiger partial charge in [-0.15, -0.1) is 0 Å². The number of aliphatic hydroxyl groups is 2. The molecule has 4 aromatic rings. The van der Waals surface area contributed by atoms with Crippen molar-refractivity contribution in [1.29, 1.82) is 0 Å². The van der Waals surface area contributed by atoms with E-state index >= 15 is 4.79 Å². The summed E-state index contributed by atoms with van der Waals surface area (Å²) in [5, 5.41) is 37.9. The molecule has 408 valence electrons. The van der Waals surface area contributed by atoms with Crippen molar-refractivity contribution in [2.75, 3.05) is 60.6 Å². The lowest BCUT2D eigenvalue weighted by Crippen LogP contribution is -2.67. The number of carbonyl (C=O) groups is 7. The summed E-state index contributed by atoms with van der Waals surface area (Å²) in [5.74, 6) is -5.71. The van der Waals surface area contributed by atoms with E-state index in [1.54, 1.807) is 33.1 Å². The first-order chi connectivity index (χ1) is 35.9. The van der Waals surface area contributed by atoms with E-state index in [4.69, 9.17) is 14.2 Å². The smallest absolute Gasteiger partial charge is 0.415 e. The molecule has 5 amide bonds. The van der Waals surface area contributed by atoms with E-state index in [9.17, 15) is 44.1 Å². The summed E-state index contributed by atoms with van der Waals surface area (Å²) in [6.45, 7) is 12.9. The summed E-state index contributed by atoms with van der Waals surface area (Å²) in [6, 6.07) is 16.3. The third kappa shape index (κ3) is 12.1. The maximum Gasteiger partial charge on any atom is 0.415 e. The standard InChI is InChI=1S/C56H71N7O13/c1-10-45(64)61-23-21-55(72,32-61)51(69)60(8)47(34(3)4)49(67)57-43-27-35-25-38(28-39(26-35)76-53(71)59(7)31-46(65)66)37-17-18-44-41(29-37)42(48(62(44)11-2)40-16-13-12-15-36(40)19-24-74-9)30-54(5,6)33-75-52(70)56(73)20-14-22-63(58-56)50(43)68/h10,12-13,15-18,25-26,28-29,34,43,47,58,72-73H,1,11,14,19-24,27,30-33H2,2-9H3,(H,57,67)(H,65,66)/t43-,47-,55?,56-/m0/s1. The molecule has 76 heavy (non-hydrogen) atoms. The molecule has 2 saturated heterocycles. The van der Waals surface area contributed by atoms with E-state index in [2.05, 4.69) is 40.9 Å². The van der Waals surface area contributed by atoms with E-state index in [1.165, 1.54) is 25.1 Å². The lowest BCUT2D eigenvalue weighted by molar-refractivity contribution is -0.189. The quantitative estimate of drug-likeness (QED) is 0.0873. The number of ether oxygens (including phenoxy) is 3. The number of benzene rings is 3. The van der Waals surface area contributed by atoms with Crippen molar-refractivity contribution in [1.82, 2.24) is 35.0 Å². The van der Waals surface area contributed by atoms with Crippen LogP contribution in [0.25, 0.3) is 33.3 Å². The molecular weight excluding hydrogens is 979 g/mol. The van der Waals surface area contributed by atoms with E-state index in [-0.39, 0.29) is 57.7 Å². The Morgan fingerprint density at radius 1 is 1.00 bits per heavy atom. The molecule has 3 aliphatic heterocycles. The molecule has 6 bridgehead atoms. The predicted octanol–water partition coefficient (Wildman–Crippen LogP) is 4.30. The van der Waals surface area contributed by atoms with Gasteiger partial charge in [-0.25, -0.2) is 9.59 Å². The summed E-state index contributed by atoms with van der Waals surface area (Å²) in [5.41, 5.74) is 4.09. The molecule has 1 aromatic heterocycles. The maximum atomic E-state index is 15.0. The number of nitrogens with one attached hydrogen (secondary N) is 2. The Bertz CT molecular complexity index is 2920. The molecule has 20 nitrogen and oxygen atoms in total. The van der Waals surface area contributed by atoms with Crippen molar-refractivity contribution in [2.24, 2.45) is 11.3 Å². The number of nitrogens with zero attached hydrogens (tertiary/aromatic N) is 5. The zero-order chi connectivity index (χ0) is 55.4. The molecule has 4 heterocycles. The highest BCUT2D eigenvalue weighted by molar-refractivity contribution is 5.97. The molecule has 0 saturated carbocycles. The van der Waals surface area contributed by atoms with Gasteiger partial charge < -0.3 is 49.2 Å². The van der Waals surface area contributed by atoms with Gasteiger partial charge in [0.15, 0.2) is 5.60 Å². The molecule has 7 rings (SSSR count). The first-order valence-electron chi connectivity index (χ1n) is 25.6. The lowest BCUT2D eigenvalue weighted by Gasteiger charge is -2.40. The van der Waals surface area contributed by atoms with Gasteiger partial charge in [0.25, 0.3) is 11.8 Å². The number of hydrazine groups is 1. The molecule has 4 atom stereocenters.